The van der Waals surface area contributed by atoms with Gasteiger partial charge in [-0.3, -0.25) is 0 Å². The van der Waals surface area contributed by atoms with E-state index in [1.165, 1.54) is 38.5 Å². The molecular formula is C14H29. The first-order valence-electron chi connectivity index (χ1n) is 6.35. The number of hydrogen-bond acceptors (Lipinski definition) is 0. The summed E-state index contributed by atoms with van der Waals surface area (Å²) >= 11 is 0. The van der Waals surface area contributed by atoms with E-state index in [-0.39, 0.29) is 0 Å². The normalized spacial score (nSPS) is 13.9. The highest BCUT2D eigenvalue weighted by atomic mass is 14.1. The molecule has 0 aromatic heterocycles. The predicted molar refractivity (Wildman–Crippen MR) is 66.2 cm³/mol. The monoisotopic (exact) mass is 197 g/mol. The molecule has 0 aliphatic rings. The summed E-state index contributed by atoms with van der Waals surface area (Å²) in [4.78, 5) is 0. The lowest BCUT2D eigenvalue weighted by atomic mass is 9.94. The molecule has 85 valence electrons. The summed E-state index contributed by atoms with van der Waals surface area (Å²) in [5.41, 5.74) is 0. The molecule has 0 amide bonds. The van der Waals surface area contributed by atoms with E-state index in [1.54, 1.807) is 0 Å². The van der Waals surface area contributed by atoms with Crippen LogP contribution >= 0.6 is 0 Å². The molecule has 0 aromatic rings. The maximum atomic E-state index is 4.23. The molecule has 0 aliphatic carbocycles. The first kappa shape index (κ1) is 14.0. The first-order valence-corrected chi connectivity index (χ1v) is 6.35. The minimum Gasteiger partial charge on any atom is -0.0628 e. The van der Waals surface area contributed by atoms with Gasteiger partial charge in [-0.15, -0.1) is 0 Å². The Hall–Kier alpha value is 0. The molecule has 0 fully saturated rings. The van der Waals surface area contributed by atoms with Crippen molar-refractivity contribution in [2.45, 2.75) is 66.2 Å². The van der Waals surface area contributed by atoms with Crippen molar-refractivity contribution >= 4 is 0 Å². The molecule has 0 heterocycles. The van der Waals surface area contributed by atoms with Gasteiger partial charge in [-0.2, -0.15) is 0 Å². The zero-order chi connectivity index (χ0) is 11.0. The predicted octanol–water partition coefficient (Wildman–Crippen LogP) is 5.09. The van der Waals surface area contributed by atoms with E-state index in [0.717, 1.165) is 11.8 Å². The lowest BCUT2D eigenvalue weighted by Gasteiger charge is -2.12. The van der Waals surface area contributed by atoms with Crippen molar-refractivity contribution in [3.63, 3.8) is 0 Å². The van der Waals surface area contributed by atoms with Crippen LogP contribution in [0.3, 0.4) is 0 Å². The Balaban J connectivity index is 3.22. The zero-order valence-electron chi connectivity index (χ0n) is 10.7. The van der Waals surface area contributed by atoms with Crippen LogP contribution in [0.2, 0.25) is 0 Å². The van der Waals surface area contributed by atoms with Gasteiger partial charge >= 0.3 is 0 Å². The van der Waals surface area contributed by atoms with Crippen LogP contribution in [0.1, 0.15) is 66.2 Å². The van der Waals surface area contributed by atoms with Gasteiger partial charge in [-0.1, -0.05) is 73.1 Å². The molecular weight excluding hydrogens is 168 g/mol. The second-order valence-electron chi connectivity index (χ2n) is 5.52. The van der Waals surface area contributed by atoms with Gasteiger partial charge in [-0.25, -0.2) is 0 Å². The minimum absolute atomic E-state index is 0.699. The maximum absolute atomic E-state index is 4.23. The van der Waals surface area contributed by atoms with E-state index in [4.69, 9.17) is 0 Å². The summed E-state index contributed by atoms with van der Waals surface area (Å²) in [6.45, 7) is 13.4. The third-order valence-corrected chi connectivity index (χ3v) is 2.80. The highest BCUT2D eigenvalue weighted by Crippen LogP contribution is 2.18. The Kier molecular flexibility index (Phi) is 8.32. The molecule has 0 N–H and O–H groups in total. The summed E-state index contributed by atoms with van der Waals surface area (Å²) in [5.74, 6) is 2.41. The van der Waals surface area contributed by atoms with Crippen molar-refractivity contribution in [3.05, 3.63) is 6.92 Å². The van der Waals surface area contributed by atoms with Gasteiger partial charge in [0, 0.05) is 0 Å². The Morgan fingerprint density at radius 3 is 1.71 bits per heavy atom. The minimum atomic E-state index is 0.699. The number of hydrogen-bond donors (Lipinski definition) is 0. The van der Waals surface area contributed by atoms with Crippen LogP contribution in [-0.2, 0) is 0 Å². The largest absolute Gasteiger partial charge is 0.0628 e. The fourth-order valence-corrected chi connectivity index (χ4v) is 1.70. The molecule has 14 heavy (non-hydrogen) atoms. The van der Waals surface area contributed by atoms with Crippen molar-refractivity contribution in [1.29, 1.82) is 0 Å². The molecule has 1 atom stereocenters. The molecule has 0 rings (SSSR count). The highest BCUT2D eigenvalue weighted by Gasteiger charge is 2.04. The van der Waals surface area contributed by atoms with Gasteiger partial charge in [0.25, 0.3) is 0 Å². The lowest BCUT2D eigenvalue weighted by Crippen LogP contribution is -1.98. The van der Waals surface area contributed by atoms with E-state index in [1.807, 2.05) is 0 Å². The van der Waals surface area contributed by atoms with Crippen LogP contribution in [0.4, 0.5) is 0 Å². The lowest BCUT2D eigenvalue weighted by molar-refractivity contribution is 0.430. The van der Waals surface area contributed by atoms with Gasteiger partial charge in [0.2, 0.25) is 0 Å². The van der Waals surface area contributed by atoms with Gasteiger partial charge < -0.3 is 0 Å². The molecule has 0 aromatic carbocycles. The van der Waals surface area contributed by atoms with Gasteiger partial charge in [0.1, 0.15) is 0 Å². The SMILES string of the molecule is [CH2]C(CCCCC(C)C)CCC(C)C. The van der Waals surface area contributed by atoms with Crippen molar-refractivity contribution in [2.24, 2.45) is 17.8 Å². The van der Waals surface area contributed by atoms with Gasteiger partial charge in [0.15, 0.2) is 0 Å². The number of rotatable bonds is 8. The van der Waals surface area contributed by atoms with Crippen molar-refractivity contribution in [1.82, 2.24) is 0 Å². The summed E-state index contributed by atoms with van der Waals surface area (Å²) < 4.78 is 0. The van der Waals surface area contributed by atoms with E-state index in [2.05, 4.69) is 34.6 Å². The van der Waals surface area contributed by atoms with Crippen LogP contribution in [-0.4, -0.2) is 0 Å². The second-order valence-corrected chi connectivity index (χ2v) is 5.52. The molecule has 0 saturated carbocycles. The van der Waals surface area contributed by atoms with E-state index in [9.17, 15) is 0 Å². The van der Waals surface area contributed by atoms with E-state index >= 15 is 0 Å². The van der Waals surface area contributed by atoms with E-state index < -0.39 is 0 Å². The smallest absolute Gasteiger partial charge is 0.0414 e. The average molecular weight is 197 g/mol. The average Bonchev–Trinajstić information content (AvgIpc) is 2.08. The third-order valence-electron chi connectivity index (χ3n) is 2.80. The fraction of sp³-hybridized carbons (Fsp3) is 0.929. The number of unbranched alkanes of at least 4 members (excludes halogenated alkanes) is 1. The molecule has 1 unspecified atom stereocenters. The quantitative estimate of drug-likeness (QED) is 0.475. The second kappa shape index (κ2) is 8.32. The molecule has 1 radical (unpaired) electrons. The molecule has 0 aliphatic heterocycles. The Morgan fingerprint density at radius 1 is 0.714 bits per heavy atom. The standard InChI is InChI=1S/C14H29/c1-12(2)8-6-7-9-14(5)11-10-13(3)4/h12-14H,5-11H2,1-4H3. The van der Waals surface area contributed by atoms with Crippen LogP contribution in [0, 0.1) is 24.7 Å². The molecule has 0 bridgehead atoms. The molecule has 0 heteroatoms. The summed E-state index contributed by atoms with van der Waals surface area (Å²) in [5, 5.41) is 0. The summed E-state index contributed by atoms with van der Waals surface area (Å²) in [6, 6.07) is 0. The zero-order valence-corrected chi connectivity index (χ0v) is 10.7. The summed E-state index contributed by atoms with van der Waals surface area (Å²) in [6.07, 6.45) is 8.16. The Labute approximate surface area is 91.5 Å². The Morgan fingerprint density at radius 2 is 1.21 bits per heavy atom. The van der Waals surface area contributed by atoms with Crippen LogP contribution in [0.5, 0.6) is 0 Å². The highest BCUT2D eigenvalue weighted by molar-refractivity contribution is 4.63. The third kappa shape index (κ3) is 10.1. The van der Waals surface area contributed by atoms with Gasteiger partial charge in [0.05, 0.1) is 0 Å². The molecule has 0 spiro atoms. The Bertz CT molecular complexity index is 113. The molecule has 0 nitrogen and oxygen atoms in total. The fourth-order valence-electron chi connectivity index (χ4n) is 1.70. The van der Waals surface area contributed by atoms with Crippen LogP contribution in [0.25, 0.3) is 0 Å². The molecule has 0 saturated heterocycles. The first-order chi connectivity index (χ1) is 6.52. The topological polar surface area (TPSA) is 0 Å². The van der Waals surface area contributed by atoms with E-state index in [0.29, 0.717) is 5.92 Å². The van der Waals surface area contributed by atoms with Crippen LogP contribution in [0.15, 0.2) is 0 Å². The maximum Gasteiger partial charge on any atom is -0.0414 e. The van der Waals surface area contributed by atoms with Crippen LogP contribution < -0.4 is 0 Å². The van der Waals surface area contributed by atoms with Gasteiger partial charge in [-0.05, 0) is 17.8 Å². The van der Waals surface area contributed by atoms with Crippen molar-refractivity contribution in [3.8, 4) is 0 Å². The summed E-state index contributed by atoms with van der Waals surface area (Å²) in [7, 11) is 0. The van der Waals surface area contributed by atoms with Crippen molar-refractivity contribution < 1.29 is 0 Å². The van der Waals surface area contributed by atoms with Crippen molar-refractivity contribution in [2.75, 3.05) is 0 Å².